The van der Waals surface area contributed by atoms with Crippen molar-refractivity contribution in [2.45, 2.75) is 104 Å². The van der Waals surface area contributed by atoms with Gasteiger partial charge in [-0.05, 0) is 74.6 Å². The van der Waals surface area contributed by atoms with Crippen LogP contribution in [0.15, 0.2) is 30.4 Å². The fraction of sp³-hybridized carbons (Fsp3) is 0.600. The molecule has 51 heavy (non-hydrogen) atoms. The van der Waals surface area contributed by atoms with Crippen molar-refractivity contribution in [3.63, 3.8) is 0 Å². The second kappa shape index (κ2) is 21.9. The van der Waals surface area contributed by atoms with E-state index in [9.17, 15) is 37.2 Å². The van der Waals surface area contributed by atoms with Gasteiger partial charge in [0.1, 0.15) is 18.7 Å². The van der Waals surface area contributed by atoms with Crippen molar-refractivity contribution in [3.8, 4) is 0 Å². The van der Waals surface area contributed by atoms with Gasteiger partial charge in [-0.3, -0.25) is 38.2 Å². The maximum Gasteiger partial charge on any atom is 0.306 e. The molecule has 0 spiro atoms. The van der Waals surface area contributed by atoms with Crippen LogP contribution in [0.4, 0.5) is 5.69 Å². The first-order chi connectivity index (χ1) is 24.1. The third-order valence-electron chi connectivity index (χ3n) is 7.95. The third-order valence-corrected chi connectivity index (χ3v) is 8.75. The first-order valence-electron chi connectivity index (χ1n) is 17.4. The van der Waals surface area contributed by atoms with E-state index in [1.165, 1.54) is 19.1 Å². The monoisotopic (exact) mass is 736 g/mol. The molecule has 1 aromatic carbocycles. The fourth-order valence-electron chi connectivity index (χ4n) is 5.11. The Morgan fingerprint density at radius 3 is 2.20 bits per heavy atom. The quantitative estimate of drug-likeness (QED) is 0.0524. The zero-order valence-electron chi connectivity index (χ0n) is 29.9. The Labute approximate surface area is 300 Å². The predicted octanol–water partition coefficient (Wildman–Crippen LogP) is 2.83. The van der Waals surface area contributed by atoms with Crippen LogP contribution in [0, 0.1) is 5.92 Å². The lowest BCUT2D eigenvalue weighted by molar-refractivity contribution is -0.145. The standard InChI is InChI=1S/C35H52N4O11S/c1-5-11-32(43)50-23-27-14-15-28(22-26(27)12-9-19-49-20-10-21-51(46,47)48)37-34(44)25(4)36-35(45)33(24(2)3)38-29(40)13-7-6-8-18-39-30(41)16-17-31(39)42/h14-17,22,24-25,33H,5-13,18-21,23H2,1-4H3,(H,36,45)(H,37,44)(H,38,40)(H,46,47,48)/t25-,33-/m0/s1. The minimum Gasteiger partial charge on any atom is -0.461 e. The zero-order valence-corrected chi connectivity index (χ0v) is 30.7. The molecule has 2 atom stereocenters. The van der Waals surface area contributed by atoms with Crippen LogP contribution in [0.25, 0.3) is 0 Å². The molecule has 16 heteroatoms. The molecule has 0 fully saturated rings. The van der Waals surface area contributed by atoms with Crippen LogP contribution >= 0.6 is 0 Å². The molecule has 1 aromatic rings. The number of imide groups is 1. The van der Waals surface area contributed by atoms with Crippen LogP contribution in [0.3, 0.4) is 0 Å². The zero-order chi connectivity index (χ0) is 38.0. The molecule has 15 nitrogen and oxygen atoms in total. The van der Waals surface area contributed by atoms with Gasteiger partial charge >= 0.3 is 5.97 Å². The molecular weight excluding hydrogens is 684 g/mol. The van der Waals surface area contributed by atoms with Crippen LogP contribution in [0.1, 0.15) is 90.2 Å². The summed E-state index contributed by atoms with van der Waals surface area (Å²) in [6.07, 6.45) is 6.43. The molecule has 4 N–H and O–H groups in total. The van der Waals surface area contributed by atoms with Crippen LogP contribution in [-0.4, -0.2) is 91.0 Å². The van der Waals surface area contributed by atoms with Crippen LogP contribution in [0.5, 0.6) is 0 Å². The number of esters is 1. The summed E-state index contributed by atoms with van der Waals surface area (Å²) < 4.78 is 41.4. The lowest BCUT2D eigenvalue weighted by atomic mass is 10.0. The average Bonchev–Trinajstić information content (AvgIpc) is 3.37. The number of nitrogens with zero attached hydrogens (tertiary/aromatic N) is 1. The highest BCUT2D eigenvalue weighted by molar-refractivity contribution is 7.85. The van der Waals surface area contributed by atoms with Gasteiger partial charge in [0.25, 0.3) is 21.9 Å². The van der Waals surface area contributed by atoms with Crippen molar-refractivity contribution < 1.29 is 51.2 Å². The van der Waals surface area contributed by atoms with E-state index in [2.05, 4.69) is 16.0 Å². The van der Waals surface area contributed by atoms with Crippen molar-refractivity contribution >= 4 is 51.3 Å². The van der Waals surface area contributed by atoms with Crippen LogP contribution < -0.4 is 16.0 Å². The van der Waals surface area contributed by atoms with Crippen molar-refractivity contribution in [3.05, 3.63) is 41.5 Å². The number of rotatable bonds is 24. The van der Waals surface area contributed by atoms with Gasteiger partial charge in [0.05, 0.1) is 5.75 Å². The third kappa shape index (κ3) is 16.6. The first-order valence-corrected chi connectivity index (χ1v) is 19.0. The maximum atomic E-state index is 13.1. The van der Waals surface area contributed by atoms with Crippen molar-refractivity contribution in [2.24, 2.45) is 5.92 Å². The fourth-order valence-corrected chi connectivity index (χ4v) is 5.59. The smallest absolute Gasteiger partial charge is 0.306 e. The number of unbranched alkanes of at least 4 members (excludes halogenated alkanes) is 2. The number of aryl methyl sites for hydroxylation is 1. The number of anilines is 1. The second-order valence-corrected chi connectivity index (χ2v) is 14.3. The molecular formula is C35H52N4O11S. The molecule has 0 saturated carbocycles. The van der Waals surface area contributed by atoms with Crippen molar-refractivity contribution in [1.29, 1.82) is 0 Å². The highest BCUT2D eigenvalue weighted by Gasteiger charge is 2.27. The van der Waals surface area contributed by atoms with Gasteiger partial charge in [-0.1, -0.05) is 33.3 Å². The lowest BCUT2D eigenvalue weighted by Gasteiger charge is -2.24. The van der Waals surface area contributed by atoms with E-state index in [4.69, 9.17) is 14.0 Å². The summed E-state index contributed by atoms with van der Waals surface area (Å²) in [7, 11) is -4.05. The molecule has 1 aliphatic heterocycles. The molecule has 1 heterocycles. The molecule has 0 radical (unpaired) electrons. The predicted molar refractivity (Wildman–Crippen MR) is 189 cm³/mol. The number of ether oxygens (including phenoxy) is 2. The maximum absolute atomic E-state index is 13.1. The van der Waals surface area contributed by atoms with E-state index in [-0.39, 0.29) is 74.4 Å². The molecule has 0 unspecified atom stereocenters. The number of benzene rings is 1. The molecule has 2 rings (SSSR count). The molecule has 0 aromatic heterocycles. The average molecular weight is 737 g/mol. The minimum absolute atomic E-state index is 0.0463. The lowest BCUT2D eigenvalue weighted by Crippen LogP contribution is -2.53. The summed E-state index contributed by atoms with van der Waals surface area (Å²) >= 11 is 0. The van der Waals surface area contributed by atoms with Crippen LogP contribution in [-0.2, 0) is 61.4 Å². The van der Waals surface area contributed by atoms with Crippen molar-refractivity contribution in [2.75, 3.05) is 30.8 Å². The summed E-state index contributed by atoms with van der Waals surface area (Å²) in [5.41, 5.74) is 2.00. The first kappa shape index (κ1) is 43.0. The van der Waals surface area contributed by atoms with Gasteiger partial charge in [0.15, 0.2) is 0 Å². The van der Waals surface area contributed by atoms with E-state index in [1.807, 2.05) is 6.92 Å². The van der Waals surface area contributed by atoms with Crippen LogP contribution in [0.2, 0.25) is 0 Å². The summed E-state index contributed by atoms with van der Waals surface area (Å²) in [5.74, 6) is -2.99. The number of carbonyl (C=O) groups is 6. The summed E-state index contributed by atoms with van der Waals surface area (Å²) in [4.78, 5) is 75.3. The van der Waals surface area contributed by atoms with E-state index < -0.39 is 34.0 Å². The van der Waals surface area contributed by atoms with Crippen molar-refractivity contribution in [1.82, 2.24) is 15.5 Å². The van der Waals surface area contributed by atoms with Gasteiger partial charge < -0.3 is 25.4 Å². The Balaban J connectivity index is 1.91. The number of nitrogens with one attached hydrogen (secondary N) is 3. The normalized spacial score (nSPS) is 14.0. The van der Waals surface area contributed by atoms with Gasteiger partial charge in [-0.2, -0.15) is 8.42 Å². The van der Waals surface area contributed by atoms with Gasteiger partial charge in [-0.15, -0.1) is 0 Å². The number of carbonyl (C=O) groups excluding carboxylic acids is 6. The Hall–Kier alpha value is -4.15. The Morgan fingerprint density at radius 2 is 1.55 bits per heavy atom. The van der Waals surface area contributed by atoms with E-state index >= 15 is 0 Å². The highest BCUT2D eigenvalue weighted by atomic mass is 32.2. The Morgan fingerprint density at radius 1 is 0.863 bits per heavy atom. The number of amides is 5. The SMILES string of the molecule is CCCC(=O)OCc1ccc(NC(=O)[C@H](C)NC(=O)[C@@H](NC(=O)CCCCCN2C(=O)C=CC2=O)C(C)C)cc1CCCOCCCS(=O)(=O)O. The number of hydrogen-bond acceptors (Lipinski definition) is 10. The largest absolute Gasteiger partial charge is 0.461 e. The number of hydrogen-bond donors (Lipinski definition) is 4. The molecule has 5 amide bonds. The van der Waals surface area contributed by atoms with E-state index in [1.54, 1.807) is 32.0 Å². The summed E-state index contributed by atoms with van der Waals surface area (Å²) in [6.45, 7) is 7.76. The Kier molecular flexibility index (Phi) is 18.5. The second-order valence-electron chi connectivity index (χ2n) is 12.7. The van der Waals surface area contributed by atoms with Gasteiger partial charge in [0, 0.05) is 50.4 Å². The van der Waals surface area contributed by atoms with E-state index in [0.717, 1.165) is 16.0 Å². The van der Waals surface area contributed by atoms with Gasteiger partial charge in [-0.25, -0.2) is 0 Å². The molecule has 1 aliphatic rings. The summed E-state index contributed by atoms with van der Waals surface area (Å²) in [6, 6.07) is 3.33. The topological polar surface area (TPSA) is 215 Å². The molecule has 284 valence electrons. The molecule has 0 bridgehead atoms. The molecule has 0 saturated heterocycles. The minimum atomic E-state index is -4.05. The summed E-state index contributed by atoms with van der Waals surface area (Å²) in [5, 5.41) is 8.21. The van der Waals surface area contributed by atoms with E-state index in [0.29, 0.717) is 50.8 Å². The molecule has 0 aliphatic carbocycles. The van der Waals surface area contributed by atoms with Gasteiger partial charge in [0.2, 0.25) is 17.7 Å². The highest BCUT2D eigenvalue weighted by Crippen LogP contribution is 2.20. The Bertz CT molecular complexity index is 1490.